The summed E-state index contributed by atoms with van der Waals surface area (Å²) < 4.78 is 5.95. The maximum absolute atomic E-state index is 5.95. The van der Waals surface area contributed by atoms with E-state index in [4.69, 9.17) is 4.74 Å². The third-order valence-corrected chi connectivity index (χ3v) is 3.73. The van der Waals surface area contributed by atoms with E-state index in [0.717, 1.165) is 45.8 Å². The molecule has 3 heteroatoms. The summed E-state index contributed by atoms with van der Waals surface area (Å²) in [5.41, 5.74) is 2.87. The first-order valence-corrected chi connectivity index (χ1v) is 6.56. The molecule has 0 saturated carbocycles. The number of hydrogen-bond acceptors (Lipinski definition) is 3. The van der Waals surface area contributed by atoms with Gasteiger partial charge >= 0.3 is 0 Å². The van der Waals surface area contributed by atoms with E-state index < -0.39 is 0 Å². The first-order valence-electron chi connectivity index (χ1n) is 6.56. The molecule has 92 valence electrons. The molecule has 2 aliphatic rings. The van der Waals surface area contributed by atoms with E-state index in [1.54, 1.807) is 0 Å². The molecule has 0 aromatic heterocycles. The third kappa shape index (κ3) is 2.51. The fraction of sp³-hybridized carbons (Fsp3) is 0.571. The van der Waals surface area contributed by atoms with E-state index in [1.807, 2.05) is 0 Å². The normalized spacial score (nSPS) is 25.5. The Morgan fingerprint density at radius 3 is 2.94 bits per heavy atom. The highest BCUT2D eigenvalue weighted by Gasteiger charge is 2.23. The minimum atomic E-state index is 0.276. The zero-order valence-corrected chi connectivity index (χ0v) is 10.2. The van der Waals surface area contributed by atoms with Crippen molar-refractivity contribution in [2.45, 2.75) is 12.5 Å². The molecule has 1 aromatic carbocycles. The van der Waals surface area contributed by atoms with Gasteiger partial charge < -0.3 is 10.1 Å². The summed E-state index contributed by atoms with van der Waals surface area (Å²) >= 11 is 0. The smallest absolute Gasteiger partial charge is 0.0954 e. The van der Waals surface area contributed by atoms with Crippen LogP contribution in [0, 0.1) is 0 Å². The van der Waals surface area contributed by atoms with Crippen molar-refractivity contribution in [2.24, 2.45) is 0 Å². The van der Waals surface area contributed by atoms with Crippen molar-refractivity contribution in [2.75, 3.05) is 39.3 Å². The van der Waals surface area contributed by atoms with Gasteiger partial charge in [0.05, 0.1) is 12.7 Å². The van der Waals surface area contributed by atoms with Crippen molar-refractivity contribution in [1.82, 2.24) is 10.2 Å². The van der Waals surface area contributed by atoms with Crippen molar-refractivity contribution in [3.8, 4) is 0 Å². The highest BCUT2D eigenvalue weighted by atomic mass is 16.5. The average molecular weight is 232 g/mol. The molecule has 1 fully saturated rings. The molecule has 1 saturated heterocycles. The number of rotatable bonds is 2. The Labute approximate surface area is 103 Å². The maximum Gasteiger partial charge on any atom is 0.0954 e. The van der Waals surface area contributed by atoms with Crippen LogP contribution in [0.5, 0.6) is 0 Å². The van der Waals surface area contributed by atoms with Crippen LogP contribution in [0.3, 0.4) is 0 Å². The topological polar surface area (TPSA) is 24.5 Å². The molecule has 1 atom stereocenters. The summed E-state index contributed by atoms with van der Waals surface area (Å²) in [5, 5.41) is 3.39. The molecule has 2 heterocycles. The van der Waals surface area contributed by atoms with Gasteiger partial charge in [0.15, 0.2) is 0 Å². The van der Waals surface area contributed by atoms with Gasteiger partial charge in [0.2, 0.25) is 0 Å². The molecule has 3 nitrogen and oxygen atoms in total. The second-order valence-electron chi connectivity index (χ2n) is 4.86. The SMILES string of the molecule is c1ccc2c(c1)CCOC2CN1CCNCC1. The molecular formula is C14H20N2O. The lowest BCUT2D eigenvalue weighted by Gasteiger charge is -2.33. The van der Waals surface area contributed by atoms with Crippen molar-refractivity contribution in [3.63, 3.8) is 0 Å². The van der Waals surface area contributed by atoms with Gasteiger partial charge in [-0.1, -0.05) is 24.3 Å². The van der Waals surface area contributed by atoms with Crippen LogP contribution in [0.2, 0.25) is 0 Å². The van der Waals surface area contributed by atoms with Crippen LogP contribution >= 0.6 is 0 Å². The quantitative estimate of drug-likeness (QED) is 0.829. The standard InChI is InChI=1S/C14H20N2O/c1-2-4-13-12(3-1)5-10-17-14(13)11-16-8-6-15-7-9-16/h1-4,14-15H,5-11H2. The van der Waals surface area contributed by atoms with Crippen molar-refractivity contribution >= 4 is 0 Å². The first kappa shape index (κ1) is 11.2. The van der Waals surface area contributed by atoms with Crippen LogP contribution in [0.1, 0.15) is 17.2 Å². The lowest BCUT2D eigenvalue weighted by molar-refractivity contribution is 0.0136. The fourth-order valence-electron chi connectivity index (χ4n) is 2.76. The van der Waals surface area contributed by atoms with E-state index >= 15 is 0 Å². The van der Waals surface area contributed by atoms with Gasteiger partial charge in [-0.3, -0.25) is 4.90 Å². The Bertz CT molecular complexity index is 374. The van der Waals surface area contributed by atoms with Crippen LogP contribution < -0.4 is 5.32 Å². The summed E-state index contributed by atoms with van der Waals surface area (Å²) in [6.07, 6.45) is 1.34. The number of piperazine rings is 1. The Hall–Kier alpha value is -0.900. The van der Waals surface area contributed by atoms with Gasteiger partial charge in [-0.25, -0.2) is 0 Å². The van der Waals surface area contributed by atoms with Crippen molar-refractivity contribution in [3.05, 3.63) is 35.4 Å². The van der Waals surface area contributed by atoms with Gasteiger partial charge in [0, 0.05) is 32.7 Å². The minimum absolute atomic E-state index is 0.276. The summed E-state index contributed by atoms with van der Waals surface area (Å²) in [4.78, 5) is 2.50. The van der Waals surface area contributed by atoms with Crippen LogP contribution in [0.25, 0.3) is 0 Å². The molecular weight excluding hydrogens is 212 g/mol. The molecule has 3 rings (SSSR count). The van der Waals surface area contributed by atoms with E-state index in [2.05, 4.69) is 34.5 Å². The Morgan fingerprint density at radius 2 is 2.06 bits per heavy atom. The predicted molar refractivity (Wildman–Crippen MR) is 68.1 cm³/mol. The van der Waals surface area contributed by atoms with Gasteiger partial charge in [0.1, 0.15) is 0 Å². The first-order chi connectivity index (χ1) is 8.43. The van der Waals surface area contributed by atoms with Gasteiger partial charge in [-0.15, -0.1) is 0 Å². The highest BCUT2D eigenvalue weighted by Crippen LogP contribution is 2.27. The van der Waals surface area contributed by atoms with Crippen LogP contribution in [0.15, 0.2) is 24.3 Å². The Balaban J connectivity index is 1.71. The molecule has 0 bridgehead atoms. The van der Waals surface area contributed by atoms with Gasteiger partial charge in [-0.2, -0.15) is 0 Å². The molecule has 0 spiro atoms. The Morgan fingerprint density at radius 1 is 1.24 bits per heavy atom. The summed E-state index contributed by atoms with van der Waals surface area (Å²) in [6.45, 7) is 6.40. The lowest BCUT2D eigenvalue weighted by atomic mass is 9.97. The van der Waals surface area contributed by atoms with E-state index in [9.17, 15) is 0 Å². The summed E-state index contributed by atoms with van der Waals surface area (Å²) in [7, 11) is 0. The predicted octanol–water partition coefficient (Wildman–Crippen LogP) is 1.21. The molecule has 0 aliphatic carbocycles. The molecule has 2 aliphatic heterocycles. The molecule has 1 aromatic rings. The monoisotopic (exact) mass is 232 g/mol. The van der Waals surface area contributed by atoms with Gasteiger partial charge in [0.25, 0.3) is 0 Å². The lowest BCUT2D eigenvalue weighted by Crippen LogP contribution is -2.45. The number of nitrogens with zero attached hydrogens (tertiary/aromatic N) is 1. The van der Waals surface area contributed by atoms with Crippen LogP contribution in [0.4, 0.5) is 0 Å². The average Bonchev–Trinajstić information content (AvgIpc) is 2.40. The summed E-state index contributed by atoms with van der Waals surface area (Å²) in [6, 6.07) is 8.72. The van der Waals surface area contributed by atoms with Crippen LogP contribution in [-0.4, -0.2) is 44.2 Å². The number of nitrogens with one attached hydrogen (secondary N) is 1. The number of benzene rings is 1. The number of fused-ring (bicyclic) bond motifs is 1. The van der Waals surface area contributed by atoms with E-state index in [0.29, 0.717) is 0 Å². The zero-order valence-electron chi connectivity index (χ0n) is 10.2. The number of hydrogen-bond donors (Lipinski definition) is 1. The third-order valence-electron chi connectivity index (χ3n) is 3.73. The maximum atomic E-state index is 5.95. The van der Waals surface area contributed by atoms with Crippen molar-refractivity contribution in [1.29, 1.82) is 0 Å². The number of ether oxygens (including phenoxy) is 1. The summed E-state index contributed by atoms with van der Waals surface area (Å²) in [5.74, 6) is 0. The second-order valence-corrected chi connectivity index (χ2v) is 4.86. The molecule has 0 amide bonds. The largest absolute Gasteiger partial charge is 0.372 e. The molecule has 17 heavy (non-hydrogen) atoms. The van der Waals surface area contributed by atoms with Crippen molar-refractivity contribution < 1.29 is 4.74 Å². The fourth-order valence-corrected chi connectivity index (χ4v) is 2.76. The van der Waals surface area contributed by atoms with E-state index in [1.165, 1.54) is 11.1 Å². The minimum Gasteiger partial charge on any atom is -0.372 e. The molecule has 0 radical (unpaired) electrons. The second kappa shape index (κ2) is 5.17. The Kier molecular flexibility index (Phi) is 3.41. The van der Waals surface area contributed by atoms with Crippen LogP contribution in [-0.2, 0) is 11.2 Å². The molecule has 1 unspecified atom stereocenters. The van der Waals surface area contributed by atoms with Gasteiger partial charge in [-0.05, 0) is 17.5 Å². The molecule has 1 N–H and O–H groups in total. The highest BCUT2D eigenvalue weighted by molar-refractivity contribution is 5.31. The van der Waals surface area contributed by atoms with E-state index in [-0.39, 0.29) is 6.10 Å². The zero-order chi connectivity index (χ0) is 11.5.